The van der Waals surface area contributed by atoms with Crippen molar-refractivity contribution < 1.29 is 4.74 Å². The molecule has 3 nitrogen and oxygen atoms in total. The lowest BCUT2D eigenvalue weighted by atomic mass is 10.1. The van der Waals surface area contributed by atoms with Crippen LogP contribution in [0.3, 0.4) is 0 Å². The molecule has 1 unspecified atom stereocenters. The Morgan fingerprint density at radius 1 is 1.56 bits per heavy atom. The van der Waals surface area contributed by atoms with Gasteiger partial charge in [0.05, 0.1) is 6.61 Å². The number of methoxy groups -OCH3 is 1. The smallest absolute Gasteiger partial charge is 0.105 e. The van der Waals surface area contributed by atoms with Crippen LogP contribution in [0.4, 0.5) is 5.69 Å². The number of nitrogens with zero attached hydrogens (tertiary/aromatic N) is 1. The van der Waals surface area contributed by atoms with E-state index in [-0.39, 0.29) is 0 Å². The first-order chi connectivity index (χ1) is 8.51. The van der Waals surface area contributed by atoms with Crippen molar-refractivity contribution in [3.63, 3.8) is 0 Å². The Kier molecular flexibility index (Phi) is 6.05. The van der Waals surface area contributed by atoms with Crippen LogP contribution in [-0.4, -0.2) is 31.3 Å². The van der Waals surface area contributed by atoms with Crippen LogP contribution >= 0.6 is 28.1 Å². The summed E-state index contributed by atoms with van der Waals surface area (Å²) in [5.41, 5.74) is 7.65. The monoisotopic (exact) mass is 330 g/mol. The van der Waals surface area contributed by atoms with Gasteiger partial charge in [-0.05, 0) is 48.0 Å². The van der Waals surface area contributed by atoms with Gasteiger partial charge in [0, 0.05) is 35.4 Å². The van der Waals surface area contributed by atoms with Crippen molar-refractivity contribution in [2.45, 2.75) is 19.9 Å². The molecule has 0 spiro atoms. The van der Waals surface area contributed by atoms with Crippen molar-refractivity contribution in [1.82, 2.24) is 0 Å². The minimum atomic E-state index is 0.322. The molecule has 2 N–H and O–H groups in total. The molecule has 0 aliphatic rings. The van der Waals surface area contributed by atoms with Gasteiger partial charge in [-0.15, -0.1) is 0 Å². The molecule has 0 bridgehead atoms. The number of likely N-dealkylation sites (N-methyl/N-ethyl adjacent to an activating group) is 1. The van der Waals surface area contributed by atoms with Gasteiger partial charge in [-0.3, -0.25) is 0 Å². The Hall–Kier alpha value is -0.650. The van der Waals surface area contributed by atoms with Crippen LogP contribution in [0.1, 0.15) is 19.4 Å². The van der Waals surface area contributed by atoms with Crippen LogP contribution in [0.15, 0.2) is 22.7 Å². The highest BCUT2D eigenvalue weighted by Gasteiger charge is 2.14. The predicted molar refractivity (Wildman–Crippen MR) is 84.4 cm³/mol. The van der Waals surface area contributed by atoms with Gasteiger partial charge in [0.1, 0.15) is 4.99 Å². The van der Waals surface area contributed by atoms with Crippen LogP contribution in [0.25, 0.3) is 0 Å². The van der Waals surface area contributed by atoms with Gasteiger partial charge in [-0.2, -0.15) is 0 Å². The highest BCUT2D eigenvalue weighted by atomic mass is 79.9. The van der Waals surface area contributed by atoms with E-state index in [1.165, 1.54) is 0 Å². The third-order valence-electron chi connectivity index (χ3n) is 2.83. The van der Waals surface area contributed by atoms with Crippen LogP contribution in [0.2, 0.25) is 0 Å². The van der Waals surface area contributed by atoms with E-state index in [1.54, 1.807) is 7.11 Å². The van der Waals surface area contributed by atoms with Gasteiger partial charge in [0.15, 0.2) is 0 Å². The van der Waals surface area contributed by atoms with Gasteiger partial charge in [0.2, 0.25) is 0 Å². The molecule has 0 amide bonds. The fraction of sp³-hybridized carbons (Fsp3) is 0.462. The summed E-state index contributed by atoms with van der Waals surface area (Å²) in [5, 5.41) is 0. The summed E-state index contributed by atoms with van der Waals surface area (Å²) in [6.07, 6.45) is 0. The lowest BCUT2D eigenvalue weighted by Gasteiger charge is -2.30. The second-order valence-electron chi connectivity index (χ2n) is 4.12. The summed E-state index contributed by atoms with van der Waals surface area (Å²) in [7, 11) is 1.72. The van der Waals surface area contributed by atoms with Gasteiger partial charge < -0.3 is 15.4 Å². The number of ether oxygens (including phenoxy) is 1. The van der Waals surface area contributed by atoms with E-state index in [9.17, 15) is 0 Å². The lowest BCUT2D eigenvalue weighted by molar-refractivity contribution is 0.182. The molecule has 0 fully saturated rings. The number of rotatable bonds is 6. The third-order valence-corrected chi connectivity index (χ3v) is 3.71. The minimum absolute atomic E-state index is 0.322. The van der Waals surface area contributed by atoms with E-state index < -0.39 is 0 Å². The fourth-order valence-corrected chi connectivity index (χ4v) is 2.85. The number of halogens is 1. The molecular formula is C13H19BrN2OS. The largest absolute Gasteiger partial charge is 0.389 e. The second-order valence-corrected chi connectivity index (χ2v) is 5.41. The molecule has 0 heterocycles. The highest BCUT2D eigenvalue weighted by Crippen LogP contribution is 2.25. The number of anilines is 1. The van der Waals surface area contributed by atoms with E-state index in [1.807, 2.05) is 18.2 Å². The van der Waals surface area contributed by atoms with Crippen LogP contribution in [0, 0.1) is 0 Å². The molecule has 100 valence electrons. The molecule has 0 saturated carbocycles. The third kappa shape index (κ3) is 3.67. The highest BCUT2D eigenvalue weighted by molar-refractivity contribution is 9.10. The standard InChI is InChI=1S/C13H19BrN2OS/c1-4-16(9(2)8-17-3)10-5-6-11(13(15)18)12(14)7-10/h5-7,9H,4,8H2,1-3H3,(H2,15,18). The van der Waals surface area contributed by atoms with Crippen molar-refractivity contribution in [3.05, 3.63) is 28.2 Å². The molecular weight excluding hydrogens is 312 g/mol. The van der Waals surface area contributed by atoms with Crippen LogP contribution in [0.5, 0.6) is 0 Å². The molecule has 1 atom stereocenters. The van der Waals surface area contributed by atoms with E-state index in [2.05, 4.69) is 34.7 Å². The van der Waals surface area contributed by atoms with Gasteiger partial charge in [-0.1, -0.05) is 12.2 Å². The minimum Gasteiger partial charge on any atom is -0.389 e. The van der Waals surface area contributed by atoms with Crippen molar-refractivity contribution in [1.29, 1.82) is 0 Å². The summed E-state index contributed by atoms with van der Waals surface area (Å²) < 4.78 is 6.13. The van der Waals surface area contributed by atoms with Crippen molar-refractivity contribution in [3.8, 4) is 0 Å². The first-order valence-electron chi connectivity index (χ1n) is 5.86. The van der Waals surface area contributed by atoms with Gasteiger partial charge in [0.25, 0.3) is 0 Å². The number of hydrogen-bond donors (Lipinski definition) is 1. The van der Waals surface area contributed by atoms with Crippen LogP contribution in [-0.2, 0) is 4.74 Å². The number of thiocarbonyl (C=S) groups is 1. The molecule has 0 saturated heterocycles. The average molecular weight is 331 g/mol. The SMILES string of the molecule is CCN(c1ccc(C(N)=S)c(Br)c1)C(C)COC. The topological polar surface area (TPSA) is 38.5 Å². The first kappa shape index (κ1) is 15.4. The maximum atomic E-state index is 5.65. The summed E-state index contributed by atoms with van der Waals surface area (Å²) in [6.45, 7) is 5.88. The summed E-state index contributed by atoms with van der Waals surface area (Å²) >= 11 is 8.50. The Labute approximate surface area is 122 Å². The fourth-order valence-electron chi connectivity index (χ4n) is 1.96. The van der Waals surface area contributed by atoms with Crippen molar-refractivity contribution >= 4 is 38.8 Å². The Balaban J connectivity index is 3.01. The zero-order valence-electron chi connectivity index (χ0n) is 10.9. The molecule has 5 heteroatoms. The molecule has 1 aromatic rings. The number of benzene rings is 1. The number of nitrogens with two attached hydrogens (primary N) is 1. The van der Waals surface area contributed by atoms with Gasteiger partial charge in [-0.25, -0.2) is 0 Å². The molecule has 18 heavy (non-hydrogen) atoms. The summed E-state index contributed by atoms with van der Waals surface area (Å²) in [4.78, 5) is 2.68. The Bertz CT molecular complexity index is 425. The van der Waals surface area contributed by atoms with E-state index in [4.69, 9.17) is 22.7 Å². The quantitative estimate of drug-likeness (QED) is 0.814. The zero-order valence-corrected chi connectivity index (χ0v) is 13.3. The first-order valence-corrected chi connectivity index (χ1v) is 7.06. The van der Waals surface area contributed by atoms with E-state index in [0.29, 0.717) is 17.6 Å². The normalized spacial score (nSPS) is 12.2. The van der Waals surface area contributed by atoms with Gasteiger partial charge >= 0.3 is 0 Å². The molecule has 1 aromatic carbocycles. The maximum absolute atomic E-state index is 5.65. The van der Waals surface area contributed by atoms with Crippen molar-refractivity contribution in [2.24, 2.45) is 5.73 Å². The second kappa shape index (κ2) is 7.07. The van der Waals surface area contributed by atoms with Crippen LogP contribution < -0.4 is 10.6 Å². The molecule has 0 radical (unpaired) electrons. The molecule has 0 aromatic heterocycles. The van der Waals surface area contributed by atoms with Crippen molar-refractivity contribution in [2.75, 3.05) is 25.2 Å². The summed E-state index contributed by atoms with van der Waals surface area (Å²) in [5.74, 6) is 0. The Morgan fingerprint density at radius 3 is 2.67 bits per heavy atom. The number of hydrogen-bond acceptors (Lipinski definition) is 3. The zero-order chi connectivity index (χ0) is 13.7. The molecule has 0 aliphatic carbocycles. The predicted octanol–water partition coefficient (Wildman–Crippen LogP) is 2.94. The van der Waals surface area contributed by atoms with E-state index in [0.717, 1.165) is 22.3 Å². The molecule has 0 aliphatic heterocycles. The Morgan fingerprint density at radius 2 is 2.22 bits per heavy atom. The summed E-state index contributed by atoms with van der Waals surface area (Å²) in [6, 6.07) is 6.35. The maximum Gasteiger partial charge on any atom is 0.105 e. The average Bonchev–Trinajstić information content (AvgIpc) is 2.29. The lowest BCUT2D eigenvalue weighted by Crippen LogP contribution is -2.36. The van der Waals surface area contributed by atoms with E-state index >= 15 is 0 Å². The molecule has 1 rings (SSSR count).